The van der Waals surface area contributed by atoms with Crippen molar-refractivity contribution >= 4 is 29.0 Å². The van der Waals surface area contributed by atoms with Crippen molar-refractivity contribution < 1.29 is 22.8 Å². The first-order chi connectivity index (χ1) is 17.6. The van der Waals surface area contributed by atoms with Gasteiger partial charge in [0.2, 0.25) is 11.8 Å². The summed E-state index contributed by atoms with van der Waals surface area (Å²) in [5, 5.41) is 5.23. The fourth-order valence-corrected chi connectivity index (χ4v) is 6.37. The molecule has 1 saturated carbocycles. The number of nitrogens with zero attached hydrogens (tertiary/aromatic N) is 4. The van der Waals surface area contributed by atoms with Gasteiger partial charge in [0.05, 0.1) is 11.1 Å². The van der Waals surface area contributed by atoms with Gasteiger partial charge in [-0.3, -0.25) is 14.5 Å². The maximum Gasteiger partial charge on any atom is 0.417 e. The third kappa shape index (κ3) is 6.43. The van der Waals surface area contributed by atoms with E-state index in [1.165, 1.54) is 10.9 Å². The van der Waals surface area contributed by atoms with E-state index in [1.807, 2.05) is 4.90 Å². The lowest BCUT2D eigenvalue weighted by Crippen LogP contribution is -2.49. The van der Waals surface area contributed by atoms with Crippen LogP contribution in [0.1, 0.15) is 49.0 Å². The van der Waals surface area contributed by atoms with Gasteiger partial charge in [-0.25, -0.2) is 4.98 Å². The van der Waals surface area contributed by atoms with Gasteiger partial charge >= 0.3 is 6.18 Å². The van der Waals surface area contributed by atoms with E-state index in [0.29, 0.717) is 32.0 Å². The molecule has 7 nitrogen and oxygen atoms in total. The number of carbonyl (C=O) groups is 2. The fourth-order valence-electron chi connectivity index (χ4n) is 5.30. The third-order valence-electron chi connectivity index (χ3n) is 7.61. The van der Waals surface area contributed by atoms with Gasteiger partial charge in [0, 0.05) is 56.1 Å². The predicted octanol–water partition coefficient (Wildman–Crippen LogP) is 4.11. The molecule has 37 heavy (non-hydrogen) atoms. The average molecular weight is 538 g/mol. The Bertz CT molecular complexity index is 1040. The lowest BCUT2D eigenvalue weighted by Gasteiger charge is -2.44. The topological polar surface area (TPSA) is 68.8 Å². The van der Waals surface area contributed by atoms with E-state index in [1.54, 1.807) is 16.2 Å². The van der Waals surface area contributed by atoms with Crippen molar-refractivity contribution in [2.45, 2.75) is 56.3 Å². The molecule has 1 saturated heterocycles. The Morgan fingerprint density at radius 1 is 1.11 bits per heavy atom. The molecule has 2 aromatic heterocycles. The minimum Gasteiger partial charge on any atom is -0.353 e. The number of nitrogens with one attached hydrogen (secondary N) is 1. The normalized spacial score (nSPS) is 22.8. The number of piperazine rings is 1. The number of amides is 2. The summed E-state index contributed by atoms with van der Waals surface area (Å²) < 4.78 is 38.2. The molecular formula is C26H34F3N5O2S. The van der Waals surface area contributed by atoms with E-state index in [9.17, 15) is 22.8 Å². The number of pyridine rings is 1. The molecule has 4 rings (SSSR count). The van der Waals surface area contributed by atoms with E-state index in [-0.39, 0.29) is 36.2 Å². The Balaban J connectivity index is 1.18. The van der Waals surface area contributed by atoms with Gasteiger partial charge in [0.25, 0.3) is 0 Å². The van der Waals surface area contributed by atoms with Crippen molar-refractivity contribution in [1.29, 1.82) is 0 Å². The molecule has 0 spiro atoms. The number of aromatic nitrogens is 1. The van der Waals surface area contributed by atoms with Crippen LogP contribution in [-0.2, 0) is 21.3 Å². The smallest absolute Gasteiger partial charge is 0.353 e. The molecule has 0 radical (unpaired) electrons. The van der Waals surface area contributed by atoms with Crippen LogP contribution in [0.25, 0.3) is 0 Å². The highest BCUT2D eigenvalue weighted by atomic mass is 32.1. The van der Waals surface area contributed by atoms with Gasteiger partial charge in [-0.15, -0.1) is 11.3 Å². The Morgan fingerprint density at radius 3 is 2.35 bits per heavy atom. The molecule has 2 amide bonds. The molecule has 3 heterocycles. The first-order valence-corrected chi connectivity index (χ1v) is 13.5. The van der Waals surface area contributed by atoms with Gasteiger partial charge in [0.1, 0.15) is 5.82 Å². The lowest BCUT2D eigenvalue weighted by molar-refractivity contribution is -0.137. The summed E-state index contributed by atoms with van der Waals surface area (Å²) in [5.41, 5.74) is -0.764. The Labute approximate surface area is 219 Å². The largest absolute Gasteiger partial charge is 0.417 e. The van der Waals surface area contributed by atoms with Crippen LogP contribution in [0.3, 0.4) is 0 Å². The second-order valence-corrected chi connectivity index (χ2v) is 11.0. The molecule has 202 valence electrons. The molecule has 1 N–H and O–H groups in total. The second-order valence-electron chi connectivity index (χ2n) is 10.0. The minimum atomic E-state index is -4.42. The molecule has 1 aliphatic heterocycles. The SMILES string of the molecule is CN(C)C1(c2cccs2)CCC(NC(=O)CCC(=O)N2CCN(c3ccc(C(F)(F)F)cn3)CC2)CC1. The monoisotopic (exact) mass is 537 g/mol. The first kappa shape index (κ1) is 27.4. The second kappa shape index (κ2) is 11.4. The highest BCUT2D eigenvalue weighted by Gasteiger charge is 2.40. The maximum atomic E-state index is 12.7. The Kier molecular flexibility index (Phi) is 8.42. The molecule has 0 bridgehead atoms. The number of anilines is 1. The van der Waals surface area contributed by atoms with Crippen molar-refractivity contribution in [2.24, 2.45) is 0 Å². The van der Waals surface area contributed by atoms with Crippen LogP contribution < -0.4 is 10.2 Å². The summed E-state index contributed by atoms with van der Waals surface area (Å²) in [6.45, 7) is 1.86. The molecule has 1 aliphatic carbocycles. The number of hydrogen-bond acceptors (Lipinski definition) is 6. The van der Waals surface area contributed by atoms with Crippen LogP contribution in [0.5, 0.6) is 0 Å². The minimum absolute atomic E-state index is 0.0173. The standard InChI is InChI=1S/C26H34F3N5O2S/c1-32(2)25(21-4-3-17-37-21)11-9-20(10-12-25)31-23(35)7-8-24(36)34-15-13-33(14-16-34)22-6-5-19(18-30-22)26(27,28)29/h3-6,17-18,20H,7-16H2,1-2H3,(H,31,35). The Hall–Kier alpha value is -2.66. The summed E-state index contributed by atoms with van der Waals surface area (Å²) in [5.74, 6) is 0.284. The highest BCUT2D eigenvalue weighted by Crippen LogP contribution is 2.43. The first-order valence-electron chi connectivity index (χ1n) is 12.7. The summed E-state index contributed by atoms with van der Waals surface area (Å²) >= 11 is 1.78. The quantitative estimate of drug-likeness (QED) is 0.576. The number of alkyl halides is 3. The highest BCUT2D eigenvalue weighted by molar-refractivity contribution is 7.10. The predicted molar refractivity (Wildman–Crippen MR) is 137 cm³/mol. The molecule has 2 aromatic rings. The van der Waals surface area contributed by atoms with Crippen molar-refractivity contribution in [2.75, 3.05) is 45.2 Å². The average Bonchev–Trinajstić information content (AvgIpc) is 3.43. The van der Waals surface area contributed by atoms with E-state index >= 15 is 0 Å². The number of hydrogen-bond donors (Lipinski definition) is 1. The molecule has 0 aromatic carbocycles. The van der Waals surface area contributed by atoms with E-state index in [4.69, 9.17) is 0 Å². The molecule has 2 aliphatic rings. The van der Waals surface area contributed by atoms with Gasteiger partial charge in [0.15, 0.2) is 0 Å². The van der Waals surface area contributed by atoms with Crippen LogP contribution in [0, 0.1) is 0 Å². The third-order valence-corrected chi connectivity index (χ3v) is 8.67. The number of rotatable bonds is 7. The molecular weight excluding hydrogens is 503 g/mol. The zero-order chi connectivity index (χ0) is 26.6. The zero-order valence-corrected chi connectivity index (χ0v) is 22.1. The Morgan fingerprint density at radius 2 is 1.81 bits per heavy atom. The van der Waals surface area contributed by atoms with Gasteiger partial charge in [-0.05, 0) is 63.4 Å². The van der Waals surface area contributed by atoms with E-state index in [2.05, 4.69) is 46.8 Å². The zero-order valence-electron chi connectivity index (χ0n) is 21.3. The number of thiophene rings is 1. The van der Waals surface area contributed by atoms with Crippen molar-refractivity contribution in [1.82, 2.24) is 20.1 Å². The maximum absolute atomic E-state index is 12.7. The van der Waals surface area contributed by atoms with Gasteiger partial charge in [-0.1, -0.05) is 6.07 Å². The fraction of sp³-hybridized carbons (Fsp3) is 0.577. The van der Waals surface area contributed by atoms with Gasteiger partial charge in [-0.2, -0.15) is 13.2 Å². The van der Waals surface area contributed by atoms with Crippen LogP contribution >= 0.6 is 11.3 Å². The van der Waals surface area contributed by atoms with E-state index in [0.717, 1.165) is 37.9 Å². The van der Waals surface area contributed by atoms with Gasteiger partial charge < -0.3 is 15.1 Å². The van der Waals surface area contributed by atoms with Crippen molar-refractivity contribution in [3.8, 4) is 0 Å². The number of carbonyl (C=O) groups excluding carboxylic acids is 2. The van der Waals surface area contributed by atoms with Crippen molar-refractivity contribution in [3.05, 3.63) is 46.3 Å². The van der Waals surface area contributed by atoms with Crippen LogP contribution in [-0.4, -0.2) is 72.9 Å². The lowest BCUT2D eigenvalue weighted by atomic mass is 9.77. The van der Waals surface area contributed by atoms with E-state index < -0.39 is 11.7 Å². The van der Waals surface area contributed by atoms with Crippen LogP contribution in [0.15, 0.2) is 35.8 Å². The summed E-state index contributed by atoms with van der Waals surface area (Å²) in [7, 11) is 4.23. The van der Waals surface area contributed by atoms with Crippen molar-refractivity contribution in [3.63, 3.8) is 0 Å². The molecule has 0 atom stereocenters. The van der Waals surface area contributed by atoms with Crippen LogP contribution in [0.2, 0.25) is 0 Å². The van der Waals surface area contributed by atoms with Crippen LogP contribution in [0.4, 0.5) is 19.0 Å². The molecule has 2 fully saturated rings. The summed E-state index contributed by atoms with van der Waals surface area (Å²) in [6.07, 6.45) is 0.464. The summed E-state index contributed by atoms with van der Waals surface area (Å²) in [6, 6.07) is 6.78. The molecule has 11 heteroatoms. The number of halogens is 3. The summed E-state index contributed by atoms with van der Waals surface area (Å²) in [4.78, 5) is 36.4. The molecule has 0 unspecified atom stereocenters.